The normalized spacial score (nSPS) is 24.0. The van der Waals surface area contributed by atoms with Gasteiger partial charge in [0.1, 0.15) is 18.1 Å². The van der Waals surface area contributed by atoms with Gasteiger partial charge < -0.3 is 24.2 Å². The van der Waals surface area contributed by atoms with E-state index in [1.165, 1.54) is 11.2 Å². The van der Waals surface area contributed by atoms with E-state index < -0.39 is 12.7 Å². The Hall–Kier alpha value is -3.74. The third-order valence-corrected chi connectivity index (χ3v) is 10.5. The van der Waals surface area contributed by atoms with Crippen molar-refractivity contribution >= 4 is 34.8 Å². The van der Waals surface area contributed by atoms with E-state index in [9.17, 15) is 27.6 Å². The maximum atomic E-state index is 14.0. The molecule has 9 nitrogen and oxygen atoms in total. The topological polar surface area (TPSA) is 95.3 Å². The van der Waals surface area contributed by atoms with Crippen LogP contribution >= 0.6 is 0 Å². The lowest BCUT2D eigenvalue weighted by Crippen LogP contribution is -2.52. The number of ether oxygens (including phenoxy) is 1. The molecule has 0 spiro atoms. The Morgan fingerprint density at radius 1 is 1.02 bits per heavy atom. The molecule has 2 saturated heterocycles. The summed E-state index contributed by atoms with van der Waals surface area (Å²) in [4.78, 5) is 43.9. The van der Waals surface area contributed by atoms with Crippen molar-refractivity contribution < 1.29 is 36.7 Å². The summed E-state index contributed by atoms with van der Waals surface area (Å²) in [5.41, 5.74) is 4.31. The molecule has 0 bridgehead atoms. The van der Waals surface area contributed by atoms with Crippen LogP contribution in [0, 0.1) is 19.8 Å². The minimum absolute atomic E-state index is 0.0272. The highest BCUT2D eigenvalue weighted by Crippen LogP contribution is 2.30. The summed E-state index contributed by atoms with van der Waals surface area (Å²) >= 11 is 0. The summed E-state index contributed by atoms with van der Waals surface area (Å²) in [5, 5.41) is 3.73. The number of hydrogen-bond donors (Lipinski definition) is 1. The van der Waals surface area contributed by atoms with Gasteiger partial charge in [0.2, 0.25) is 5.91 Å². The van der Waals surface area contributed by atoms with Crippen molar-refractivity contribution in [3.05, 3.63) is 64.9 Å². The fraction of sp³-hybridized carbons (Fsp3) is 0.541. The highest BCUT2D eigenvalue weighted by Gasteiger charge is 2.40. The molecule has 2 amide bonds. The number of anilines is 1. The number of para-hydroxylation sites is 1. The fourth-order valence-electron chi connectivity index (χ4n) is 7.61. The number of nitrogens with zero attached hydrogens (tertiary/aromatic N) is 3. The predicted octanol–water partition coefficient (Wildman–Crippen LogP) is 5.77. The van der Waals surface area contributed by atoms with Gasteiger partial charge in [0.05, 0.1) is 37.3 Å². The Morgan fingerprint density at radius 3 is 2.47 bits per heavy atom. The average Bonchev–Trinajstić information content (AvgIpc) is 3.71. The standard InChI is InChI=1S/C37H45F3N4O5/c1-24-16-33(41-36(47)32-22-49-34-6-4-3-5-31(32)34)25(2)15-27(24)17-35(46)44-19-28(43-13-11-42(12-14-43)23-37(38,39)40)18-29(44)21-48-30-9-7-26(20-45)8-10-30/h3-6,15-16,20,22,26,28-30H,7-14,17-19,21,23H2,1-2H3,(H,41,47)/t26?,28-,29-,30?/m0/s1. The summed E-state index contributed by atoms with van der Waals surface area (Å²) in [6.07, 6.45) is 2.42. The molecule has 0 unspecified atom stereocenters. The largest absolute Gasteiger partial charge is 0.463 e. The van der Waals surface area contributed by atoms with Crippen LogP contribution in [0.2, 0.25) is 0 Å². The van der Waals surface area contributed by atoms with Gasteiger partial charge in [0.25, 0.3) is 5.91 Å². The molecule has 3 heterocycles. The van der Waals surface area contributed by atoms with Crippen molar-refractivity contribution in [3.8, 4) is 0 Å². The van der Waals surface area contributed by atoms with E-state index in [4.69, 9.17) is 9.15 Å². The first kappa shape index (κ1) is 35.1. The zero-order valence-electron chi connectivity index (χ0n) is 28.1. The van der Waals surface area contributed by atoms with Crippen molar-refractivity contribution in [2.75, 3.05) is 51.2 Å². The summed E-state index contributed by atoms with van der Waals surface area (Å²) in [7, 11) is 0. The zero-order valence-corrected chi connectivity index (χ0v) is 28.1. The van der Waals surface area contributed by atoms with Gasteiger partial charge in [-0.2, -0.15) is 13.2 Å². The second-order valence-electron chi connectivity index (χ2n) is 13.9. The van der Waals surface area contributed by atoms with Crippen LogP contribution in [0.25, 0.3) is 11.0 Å². The molecular formula is C37H45F3N4O5. The lowest BCUT2D eigenvalue weighted by Gasteiger charge is -2.38. The molecule has 3 aromatic rings. The summed E-state index contributed by atoms with van der Waals surface area (Å²) in [6, 6.07) is 11.1. The minimum atomic E-state index is -4.22. The number of aryl methyl sites for hydroxylation is 2. The number of alkyl halides is 3. The SMILES string of the molecule is Cc1cc(NC(=O)c2coc3ccccc23)c(C)cc1CC(=O)N1C[C@@H](N2CCN(CC(F)(F)F)CC2)C[C@H]1COC1CCC(C=O)CC1. The van der Waals surface area contributed by atoms with Gasteiger partial charge in [-0.25, -0.2) is 0 Å². The fourth-order valence-corrected chi connectivity index (χ4v) is 7.61. The molecule has 1 aliphatic carbocycles. The van der Waals surface area contributed by atoms with Crippen molar-refractivity contribution in [2.45, 2.75) is 76.7 Å². The maximum absolute atomic E-state index is 14.0. The number of rotatable bonds is 10. The molecule has 2 aromatic carbocycles. The number of nitrogens with one attached hydrogen (secondary N) is 1. The van der Waals surface area contributed by atoms with Crippen LogP contribution < -0.4 is 5.32 Å². The molecule has 6 rings (SSSR count). The molecule has 12 heteroatoms. The molecule has 49 heavy (non-hydrogen) atoms. The van der Waals surface area contributed by atoms with Crippen LogP contribution in [0.1, 0.15) is 59.2 Å². The molecule has 1 saturated carbocycles. The first-order chi connectivity index (χ1) is 23.5. The maximum Gasteiger partial charge on any atom is 0.401 e. The molecule has 2 atom stereocenters. The summed E-state index contributed by atoms with van der Waals surface area (Å²) in [5.74, 6) is -0.219. The van der Waals surface area contributed by atoms with Crippen molar-refractivity contribution in [3.63, 3.8) is 0 Å². The summed E-state index contributed by atoms with van der Waals surface area (Å²) < 4.78 is 50.8. The van der Waals surface area contributed by atoms with Gasteiger partial charge in [0.15, 0.2) is 0 Å². The Morgan fingerprint density at radius 2 is 1.76 bits per heavy atom. The van der Waals surface area contributed by atoms with Crippen molar-refractivity contribution in [1.29, 1.82) is 0 Å². The van der Waals surface area contributed by atoms with Crippen LogP contribution in [0.4, 0.5) is 18.9 Å². The number of benzene rings is 2. The van der Waals surface area contributed by atoms with E-state index in [0.29, 0.717) is 62.6 Å². The van der Waals surface area contributed by atoms with Gasteiger partial charge in [-0.3, -0.25) is 19.4 Å². The van der Waals surface area contributed by atoms with Gasteiger partial charge in [-0.1, -0.05) is 24.3 Å². The van der Waals surface area contributed by atoms with Crippen molar-refractivity contribution in [2.24, 2.45) is 5.92 Å². The Bertz CT molecular complexity index is 1640. The highest BCUT2D eigenvalue weighted by atomic mass is 19.4. The molecular weight excluding hydrogens is 637 g/mol. The number of hydrogen-bond acceptors (Lipinski definition) is 7. The molecule has 3 fully saturated rings. The van der Waals surface area contributed by atoms with Crippen LogP contribution in [-0.2, 0) is 20.7 Å². The smallest absolute Gasteiger partial charge is 0.401 e. The third kappa shape index (κ3) is 8.53. The van der Waals surface area contributed by atoms with E-state index in [1.54, 1.807) is 0 Å². The summed E-state index contributed by atoms with van der Waals surface area (Å²) in [6.45, 7) is 5.52. The lowest BCUT2D eigenvalue weighted by atomic mass is 9.88. The second-order valence-corrected chi connectivity index (χ2v) is 13.9. The number of fused-ring (bicyclic) bond motifs is 1. The molecule has 0 radical (unpaired) electrons. The van der Waals surface area contributed by atoms with Gasteiger partial charge >= 0.3 is 6.18 Å². The van der Waals surface area contributed by atoms with E-state index in [2.05, 4.69) is 10.2 Å². The second kappa shape index (κ2) is 15.0. The predicted molar refractivity (Wildman–Crippen MR) is 180 cm³/mol. The van der Waals surface area contributed by atoms with Gasteiger partial charge in [-0.05, 0) is 74.8 Å². The third-order valence-electron chi connectivity index (χ3n) is 10.5. The van der Waals surface area contributed by atoms with Gasteiger partial charge in [-0.15, -0.1) is 0 Å². The van der Waals surface area contributed by atoms with Crippen LogP contribution in [-0.4, -0.2) is 103 Å². The average molecular weight is 683 g/mol. The number of halogens is 3. The molecule has 2 aliphatic heterocycles. The number of amides is 2. The molecule has 3 aliphatic rings. The van der Waals surface area contributed by atoms with E-state index >= 15 is 0 Å². The number of likely N-dealkylation sites (tertiary alicyclic amines) is 1. The molecule has 264 valence electrons. The number of piperazine rings is 1. The van der Waals surface area contributed by atoms with Crippen LogP contribution in [0.5, 0.6) is 0 Å². The van der Waals surface area contributed by atoms with E-state index in [-0.39, 0.29) is 42.3 Å². The quantitative estimate of drug-likeness (QED) is 0.272. The lowest BCUT2D eigenvalue weighted by molar-refractivity contribution is -0.150. The Labute approximate surface area is 284 Å². The van der Waals surface area contributed by atoms with E-state index in [0.717, 1.165) is 54.0 Å². The van der Waals surface area contributed by atoms with Crippen LogP contribution in [0.3, 0.4) is 0 Å². The first-order valence-electron chi connectivity index (χ1n) is 17.2. The van der Waals surface area contributed by atoms with Crippen LogP contribution in [0.15, 0.2) is 47.1 Å². The Kier molecular flexibility index (Phi) is 10.8. The van der Waals surface area contributed by atoms with E-state index in [1.807, 2.05) is 55.1 Å². The highest BCUT2D eigenvalue weighted by molar-refractivity contribution is 6.12. The number of carbonyl (C=O) groups excluding carboxylic acids is 3. The van der Waals surface area contributed by atoms with Gasteiger partial charge in [0, 0.05) is 55.8 Å². The molecule has 1 N–H and O–H groups in total. The first-order valence-corrected chi connectivity index (χ1v) is 17.2. The Balaban J connectivity index is 1.12. The zero-order chi connectivity index (χ0) is 34.7. The monoisotopic (exact) mass is 682 g/mol. The molecule has 1 aromatic heterocycles. The number of aldehydes is 1. The number of carbonyl (C=O) groups is 3. The minimum Gasteiger partial charge on any atom is -0.463 e. The number of furan rings is 1. The van der Waals surface area contributed by atoms with Crippen molar-refractivity contribution in [1.82, 2.24) is 14.7 Å².